The van der Waals surface area contributed by atoms with Crippen LogP contribution in [0.25, 0.3) is 0 Å². The molecule has 0 saturated carbocycles. The summed E-state index contributed by atoms with van der Waals surface area (Å²) in [7, 11) is 0. The van der Waals surface area contributed by atoms with Crippen LogP contribution in [-0.4, -0.2) is 71.0 Å². The largest absolute Gasteiger partial charge is 0.492 e. The molecule has 27 heavy (non-hydrogen) atoms. The summed E-state index contributed by atoms with van der Waals surface area (Å²) < 4.78 is 13.2. The quantitative estimate of drug-likeness (QED) is 0.801. The third-order valence-electron chi connectivity index (χ3n) is 5.20. The number of aromatic nitrogens is 2. The van der Waals surface area contributed by atoms with Crippen molar-refractivity contribution < 1.29 is 14.3 Å². The summed E-state index contributed by atoms with van der Waals surface area (Å²) >= 11 is 0. The fourth-order valence-corrected chi connectivity index (χ4v) is 3.53. The van der Waals surface area contributed by atoms with Crippen LogP contribution in [0, 0.1) is 0 Å². The van der Waals surface area contributed by atoms with Gasteiger partial charge in [0.1, 0.15) is 12.4 Å². The van der Waals surface area contributed by atoms with E-state index in [0.717, 1.165) is 31.1 Å². The Balaban J connectivity index is 1.36. The van der Waals surface area contributed by atoms with Crippen molar-refractivity contribution in [3.8, 4) is 5.75 Å². The van der Waals surface area contributed by atoms with Gasteiger partial charge in [0.15, 0.2) is 5.69 Å². The highest BCUT2D eigenvalue weighted by Crippen LogP contribution is 2.18. The summed E-state index contributed by atoms with van der Waals surface area (Å²) in [5.41, 5.74) is 1.63. The van der Waals surface area contributed by atoms with Crippen LogP contribution in [0.1, 0.15) is 23.1 Å². The van der Waals surface area contributed by atoms with Crippen LogP contribution in [0.5, 0.6) is 5.75 Å². The van der Waals surface area contributed by atoms with Gasteiger partial charge in [-0.15, -0.1) is 0 Å². The summed E-state index contributed by atoms with van der Waals surface area (Å²) in [5.74, 6) is 0.900. The fraction of sp³-hybridized carbons (Fsp3) is 0.500. The maximum absolute atomic E-state index is 12.7. The summed E-state index contributed by atoms with van der Waals surface area (Å²) in [6.07, 6.45) is 0. The Kier molecular flexibility index (Phi) is 5.40. The third-order valence-corrected chi connectivity index (χ3v) is 5.20. The van der Waals surface area contributed by atoms with Crippen LogP contribution in [0.4, 0.5) is 0 Å². The van der Waals surface area contributed by atoms with Crippen LogP contribution < -0.4 is 4.74 Å². The average molecular weight is 370 g/mol. The van der Waals surface area contributed by atoms with Gasteiger partial charge in [0.2, 0.25) is 0 Å². The Labute approximate surface area is 159 Å². The first-order chi connectivity index (χ1) is 13.2. The monoisotopic (exact) mass is 370 g/mol. The van der Waals surface area contributed by atoms with E-state index in [2.05, 4.69) is 16.9 Å². The number of hydrogen-bond donors (Lipinski definition) is 0. The number of carbonyl (C=O) groups excluding carboxylic acids is 1. The Morgan fingerprint density at radius 2 is 1.96 bits per heavy atom. The number of ether oxygens (including phenoxy) is 2. The molecule has 2 aliphatic heterocycles. The van der Waals surface area contributed by atoms with Crippen LogP contribution in [-0.2, 0) is 17.8 Å². The smallest absolute Gasteiger partial charge is 0.274 e. The highest BCUT2D eigenvalue weighted by molar-refractivity contribution is 5.92. The lowest BCUT2D eigenvalue weighted by Gasteiger charge is -2.32. The van der Waals surface area contributed by atoms with Crippen molar-refractivity contribution in [3.63, 3.8) is 0 Å². The molecule has 4 rings (SSSR count). The maximum Gasteiger partial charge on any atom is 0.274 e. The molecule has 0 aliphatic carbocycles. The van der Waals surface area contributed by atoms with Gasteiger partial charge in [-0.1, -0.05) is 18.2 Å². The number of carbonyl (C=O) groups is 1. The van der Waals surface area contributed by atoms with Gasteiger partial charge >= 0.3 is 0 Å². The molecule has 7 heteroatoms. The highest BCUT2D eigenvalue weighted by atomic mass is 16.5. The first kappa shape index (κ1) is 18.0. The molecule has 0 N–H and O–H groups in total. The number of hydrogen-bond acceptors (Lipinski definition) is 5. The number of para-hydroxylation sites is 1. The molecule has 2 aromatic rings. The first-order valence-electron chi connectivity index (χ1n) is 9.56. The van der Waals surface area contributed by atoms with Crippen molar-refractivity contribution in [1.29, 1.82) is 0 Å². The summed E-state index contributed by atoms with van der Waals surface area (Å²) in [6.45, 7) is 7.77. The molecule has 1 aromatic heterocycles. The molecule has 144 valence electrons. The lowest BCUT2D eigenvalue weighted by molar-refractivity contribution is 0.0298. The topological polar surface area (TPSA) is 59.8 Å². The lowest BCUT2D eigenvalue weighted by Crippen LogP contribution is -2.42. The molecule has 1 atom stereocenters. The van der Waals surface area contributed by atoms with Gasteiger partial charge in [0.25, 0.3) is 5.91 Å². The maximum atomic E-state index is 12.7. The van der Waals surface area contributed by atoms with Gasteiger partial charge in [0, 0.05) is 32.2 Å². The lowest BCUT2D eigenvalue weighted by atomic mass is 10.2. The van der Waals surface area contributed by atoms with E-state index >= 15 is 0 Å². The zero-order chi connectivity index (χ0) is 18.6. The average Bonchev–Trinajstić information content (AvgIpc) is 3.16. The predicted molar refractivity (Wildman–Crippen MR) is 101 cm³/mol. The van der Waals surface area contributed by atoms with E-state index in [1.54, 1.807) is 0 Å². The molecule has 1 fully saturated rings. The Hall–Kier alpha value is -2.38. The van der Waals surface area contributed by atoms with Crippen molar-refractivity contribution >= 4 is 5.91 Å². The van der Waals surface area contributed by atoms with Crippen molar-refractivity contribution in [3.05, 3.63) is 47.8 Å². The molecule has 1 saturated heterocycles. The first-order valence-corrected chi connectivity index (χ1v) is 9.56. The molecule has 2 aliphatic rings. The van der Waals surface area contributed by atoms with Crippen LogP contribution in [0.3, 0.4) is 0 Å². The fourth-order valence-electron chi connectivity index (χ4n) is 3.53. The second kappa shape index (κ2) is 8.10. The molecular formula is C20H26N4O3. The van der Waals surface area contributed by atoms with Gasteiger partial charge in [-0.05, 0) is 25.1 Å². The number of nitrogens with zero attached hydrogens (tertiary/aromatic N) is 4. The van der Waals surface area contributed by atoms with Gasteiger partial charge in [-0.25, -0.2) is 0 Å². The minimum absolute atomic E-state index is 0.00668. The van der Waals surface area contributed by atoms with Gasteiger partial charge in [-0.2, -0.15) is 5.10 Å². The minimum Gasteiger partial charge on any atom is -0.492 e. The molecule has 1 amide bonds. The van der Waals surface area contributed by atoms with Crippen LogP contribution in [0.2, 0.25) is 0 Å². The van der Waals surface area contributed by atoms with E-state index in [0.29, 0.717) is 38.6 Å². The SMILES string of the molecule is CC(COc1ccccc1)N1CCn2nc(C(=O)N3CCOCC3)cc2C1. The second-order valence-corrected chi connectivity index (χ2v) is 7.09. The molecule has 7 nitrogen and oxygen atoms in total. The Morgan fingerprint density at radius 1 is 1.19 bits per heavy atom. The van der Waals surface area contributed by atoms with E-state index in [1.165, 1.54) is 0 Å². The normalized spacial score (nSPS) is 18.8. The second-order valence-electron chi connectivity index (χ2n) is 7.09. The number of amides is 1. The molecule has 3 heterocycles. The number of morpholine rings is 1. The molecule has 0 radical (unpaired) electrons. The van der Waals surface area contributed by atoms with Gasteiger partial charge < -0.3 is 14.4 Å². The third kappa shape index (κ3) is 4.14. The zero-order valence-electron chi connectivity index (χ0n) is 15.7. The van der Waals surface area contributed by atoms with E-state index in [-0.39, 0.29) is 11.9 Å². The zero-order valence-corrected chi connectivity index (χ0v) is 15.7. The molecule has 1 unspecified atom stereocenters. The molecule has 1 aromatic carbocycles. The highest BCUT2D eigenvalue weighted by Gasteiger charge is 2.26. The summed E-state index contributed by atoms with van der Waals surface area (Å²) in [6, 6.07) is 12.1. The minimum atomic E-state index is 0.00668. The van der Waals surface area contributed by atoms with Gasteiger partial charge in [-0.3, -0.25) is 14.4 Å². The predicted octanol–water partition coefficient (Wildman–Crippen LogP) is 1.64. The van der Waals surface area contributed by atoms with Crippen molar-refractivity contribution in [2.75, 3.05) is 39.5 Å². The van der Waals surface area contributed by atoms with Crippen LogP contribution in [0.15, 0.2) is 36.4 Å². The molecule has 0 bridgehead atoms. The van der Waals surface area contributed by atoms with E-state index < -0.39 is 0 Å². The standard InChI is InChI=1S/C20H26N4O3/c1-16(15-27-18-5-3-2-4-6-18)23-7-8-24-17(14-23)13-19(21-24)20(25)22-9-11-26-12-10-22/h2-6,13,16H,7-12,14-15H2,1H3. The number of fused-ring (bicyclic) bond motifs is 1. The van der Waals surface area contributed by atoms with E-state index in [4.69, 9.17) is 9.47 Å². The Bertz CT molecular complexity index is 771. The number of rotatable bonds is 5. The van der Waals surface area contributed by atoms with E-state index in [1.807, 2.05) is 46.0 Å². The van der Waals surface area contributed by atoms with Crippen LogP contribution >= 0.6 is 0 Å². The van der Waals surface area contributed by atoms with Crippen molar-refractivity contribution in [2.45, 2.75) is 26.1 Å². The Morgan fingerprint density at radius 3 is 2.74 bits per heavy atom. The molecule has 0 spiro atoms. The van der Waals surface area contributed by atoms with Crippen molar-refractivity contribution in [2.24, 2.45) is 0 Å². The summed E-state index contributed by atoms with van der Waals surface area (Å²) in [5, 5.41) is 4.54. The molecular weight excluding hydrogens is 344 g/mol. The van der Waals surface area contributed by atoms with E-state index in [9.17, 15) is 4.79 Å². The van der Waals surface area contributed by atoms with Gasteiger partial charge in [0.05, 0.1) is 25.5 Å². The van der Waals surface area contributed by atoms with Crippen molar-refractivity contribution in [1.82, 2.24) is 19.6 Å². The number of benzene rings is 1. The summed E-state index contributed by atoms with van der Waals surface area (Å²) in [4.78, 5) is 16.9.